The van der Waals surface area contributed by atoms with E-state index in [-0.39, 0.29) is 5.91 Å². The summed E-state index contributed by atoms with van der Waals surface area (Å²) >= 11 is 12.8. The summed E-state index contributed by atoms with van der Waals surface area (Å²) < 4.78 is 10.8. The Hall–Kier alpha value is -2.15. The van der Waals surface area contributed by atoms with Crippen molar-refractivity contribution in [2.75, 3.05) is 66.4 Å². The molecule has 0 bridgehead atoms. The Kier molecular flexibility index (Phi) is 9.34. The lowest BCUT2D eigenvalue weighted by molar-refractivity contribution is -0.130. The van der Waals surface area contributed by atoms with Crippen molar-refractivity contribution in [2.24, 2.45) is 0 Å². The van der Waals surface area contributed by atoms with Crippen LogP contribution in [-0.4, -0.2) is 77.2 Å². The molecule has 0 aromatic heterocycles. The van der Waals surface area contributed by atoms with Crippen molar-refractivity contribution in [2.45, 2.75) is 25.7 Å². The fraction of sp³-hybridized carbons (Fsp3) is 0.500. The van der Waals surface area contributed by atoms with Gasteiger partial charge in [0.05, 0.1) is 36.4 Å². The molecule has 8 heteroatoms. The first-order chi connectivity index (χ1) is 16.2. The lowest BCUT2D eigenvalue weighted by Gasteiger charge is -2.23. The molecule has 0 saturated heterocycles. The Morgan fingerprint density at radius 1 is 0.941 bits per heavy atom. The van der Waals surface area contributed by atoms with Crippen LogP contribution < -0.4 is 14.4 Å². The number of anilines is 1. The molecule has 0 fully saturated rings. The summed E-state index contributed by atoms with van der Waals surface area (Å²) in [5, 5.41) is 1.34. The van der Waals surface area contributed by atoms with Gasteiger partial charge in [0.25, 0.3) is 0 Å². The largest absolute Gasteiger partial charge is 0.493 e. The normalized spacial score (nSPS) is 13.6. The zero-order chi connectivity index (χ0) is 24.8. The maximum atomic E-state index is 12.9. The van der Waals surface area contributed by atoms with E-state index >= 15 is 0 Å². The zero-order valence-corrected chi connectivity index (χ0v) is 22.3. The smallest absolute Gasteiger partial charge is 0.227 e. The van der Waals surface area contributed by atoms with Crippen LogP contribution in [0.4, 0.5) is 5.69 Å². The average Bonchev–Trinajstić information content (AvgIpc) is 2.93. The minimum atomic E-state index is 0.166. The monoisotopic (exact) mass is 507 g/mol. The standard InChI is InChI=1S/C26H35Cl2N3O3/c1-29(2)26-21(27)13-18(14-22(26)28)7-11-30(3)9-6-10-31-12-8-19-15-23(33-4)24(34-5)16-20(19)17-25(31)32/h13-16H,6-12,17H2,1-5H3. The second-order valence-electron chi connectivity index (χ2n) is 8.99. The molecule has 1 heterocycles. The molecule has 0 atom stereocenters. The maximum absolute atomic E-state index is 12.9. The number of methoxy groups -OCH3 is 2. The van der Waals surface area contributed by atoms with Crippen LogP contribution in [0.15, 0.2) is 24.3 Å². The van der Waals surface area contributed by atoms with Gasteiger partial charge >= 0.3 is 0 Å². The summed E-state index contributed by atoms with van der Waals surface area (Å²) in [7, 11) is 9.23. The number of carbonyl (C=O) groups excluding carboxylic acids is 1. The number of nitrogens with zero attached hydrogens (tertiary/aromatic N) is 3. The maximum Gasteiger partial charge on any atom is 0.227 e. The number of halogens is 2. The Labute approximate surface area is 213 Å². The highest BCUT2D eigenvalue weighted by Crippen LogP contribution is 2.34. The third-order valence-corrected chi connectivity index (χ3v) is 6.90. The lowest BCUT2D eigenvalue weighted by atomic mass is 10.0. The highest BCUT2D eigenvalue weighted by Gasteiger charge is 2.22. The highest BCUT2D eigenvalue weighted by atomic mass is 35.5. The summed E-state index contributed by atoms with van der Waals surface area (Å²) in [5.74, 6) is 1.55. The van der Waals surface area contributed by atoms with Crippen molar-refractivity contribution in [1.29, 1.82) is 0 Å². The van der Waals surface area contributed by atoms with Crippen molar-refractivity contribution in [3.63, 3.8) is 0 Å². The van der Waals surface area contributed by atoms with Crippen LogP contribution in [0, 0.1) is 0 Å². The molecule has 1 aliphatic rings. The van der Waals surface area contributed by atoms with Crippen LogP contribution >= 0.6 is 23.2 Å². The SMILES string of the molecule is COc1cc2c(cc1OC)CC(=O)N(CCCN(C)CCc1cc(Cl)c(N(C)C)c(Cl)c1)CC2. The molecule has 186 valence electrons. The van der Waals surface area contributed by atoms with Crippen LogP contribution in [0.3, 0.4) is 0 Å². The number of hydrogen-bond donors (Lipinski definition) is 0. The van der Waals surface area contributed by atoms with Gasteiger partial charge in [0.1, 0.15) is 0 Å². The Bertz CT molecular complexity index is 990. The summed E-state index contributed by atoms with van der Waals surface area (Å²) in [6.07, 6.45) is 3.01. The molecule has 2 aromatic carbocycles. The first-order valence-electron chi connectivity index (χ1n) is 11.6. The predicted octanol–water partition coefficient (Wildman–Crippen LogP) is 4.57. The quantitative estimate of drug-likeness (QED) is 0.471. The summed E-state index contributed by atoms with van der Waals surface area (Å²) in [6.45, 7) is 3.28. The average molecular weight is 508 g/mol. The molecule has 2 aromatic rings. The topological polar surface area (TPSA) is 45.3 Å². The van der Waals surface area contributed by atoms with Gasteiger partial charge in [-0.2, -0.15) is 0 Å². The third-order valence-electron chi connectivity index (χ3n) is 6.33. The van der Waals surface area contributed by atoms with E-state index in [9.17, 15) is 4.79 Å². The number of hydrogen-bond acceptors (Lipinski definition) is 5. The first-order valence-corrected chi connectivity index (χ1v) is 12.3. The summed E-state index contributed by atoms with van der Waals surface area (Å²) in [5.41, 5.74) is 4.16. The predicted molar refractivity (Wildman–Crippen MR) is 140 cm³/mol. The van der Waals surface area contributed by atoms with Crippen molar-refractivity contribution < 1.29 is 14.3 Å². The van der Waals surface area contributed by atoms with Gasteiger partial charge in [0.2, 0.25) is 5.91 Å². The number of amides is 1. The molecule has 6 nitrogen and oxygen atoms in total. The number of rotatable bonds is 10. The molecular formula is C26H35Cl2N3O3. The fourth-order valence-corrected chi connectivity index (χ4v) is 5.27. The second kappa shape index (κ2) is 12.0. The van der Waals surface area contributed by atoms with E-state index < -0.39 is 0 Å². The van der Waals surface area contributed by atoms with Gasteiger partial charge in [0.15, 0.2) is 11.5 Å². The molecule has 0 N–H and O–H groups in total. The van der Waals surface area contributed by atoms with E-state index in [1.807, 2.05) is 48.2 Å². The number of fused-ring (bicyclic) bond motifs is 1. The van der Waals surface area contributed by atoms with Gasteiger partial charge in [-0.1, -0.05) is 23.2 Å². The van der Waals surface area contributed by atoms with Crippen LogP contribution in [0.2, 0.25) is 10.0 Å². The first kappa shape index (κ1) is 26.5. The van der Waals surface area contributed by atoms with Crippen molar-refractivity contribution >= 4 is 34.8 Å². The Morgan fingerprint density at radius 3 is 2.15 bits per heavy atom. The molecular weight excluding hydrogens is 473 g/mol. The van der Waals surface area contributed by atoms with E-state index in [2.05, 4.69) is 11.9 Å². The van der Waals surface area contributed by atoms with Gasteiger partial charge in [-0.3, -0.25) is 4.79 Å². The van der Waals surface area contributed by atoms with Crippen molar-refractivity contribution in [3.8, 4) is 11.5 Å². The van der Waals surface area contributed by atoms with Gasteiger partial charge in [-0.05, 0) is 73.8 Å². The minimum absolute atomic E-state index is 0.166. The van der Waals surface area contributed by atoms with Crippen molar-refractivity contribution in [3.05, 3.63) is 51.0 Å². The summed E-state index contributed by atoms with van der Waals surface area (Å²) in [4.78, 5) is 19.1. The molecule has 0 radical (unpaired) electrons. The van der Waals surface area contributed by atoms with Gasteiger partial charge in [-0.15, -0.1) is 0 Å². The zero-order valence-electron chi connectivity index (χ0n) is 20.8. The lowest BCUT2D eigenvalue weighted by Crippen LogP contribution is -2.35. The van der Waals surface area contributed by atoms with E-state index in [0.717, 1.165) is 67.8 Å². The minimum Gasteiger partial charge on any atom is -0.493 e. The molecule has 3 rings (SSSR count). The highest BCUT2D eigenvalue weighted by molar-refractivity contribution is 6.39. The van der Waals surface area contributed by atoms with Crippen LogP contribution in [-0.2, 0) is 24.1 Å². The number of ether oxygens (including phenoxy) is 2. The fourth-order valence-electron chi connectivity index (χ4n) is 4.40. The van der Waals surface area contributed by atoms with E-state index in [4.69, 9.17) is 32.7 Å². The molecule has 0 unspecified atom stereocenters. The van der Waals surface area contributed by atoms with E-state index in [1.54, 1.807) is 14.2 Å². The number of likely N-dealkylation sites (N-methyl/N-ethyl adjacent to an activating group) is 1. The molecule has 0 aliphatic carbocycles. The van der Waals surface area contributed by atoms with Crippen LogP contribution in [0.5, 0.6) is 11.5 Å². The van der Waals surface area contributed by atoms with E-state index in [0.29, 0.717) is 28.0 Å². The number of carbonyl (C=O) groups is 1. The molecule has 34 heavy (non-hydrogen) atoms. The molecule has 1 amide bonds. The molecule has 0 saturated carbocycles. The van der Waals surface area contributed by atoms with Crippen LogP contribution in [0.1, 0.15) is 23.1 Å². The van der Waals surface area contributed by atoms with Gasteiger partial charge in [-0.25, -0.2) is 0 Å². The van der Waals surface area contributed by atoms with E-state index in [1.165, 1.54) is 0 Å². The third kappa shape index (κ3) is 6.49. The van der Waals surface area contributed by atoms with Gasteiger partial charge < -0.3 is 24.2 Å². The molecule has 1 aliphatic heterocycles. The summed E-state index contributed by atoms with van der Waals surface area (Å²) in [6, 6.07) is 7.93. The second-order valence-corrected chi connectivity index (χ2v) is 9.81. The Balaban J connectivity index is 1.49. The van der Waals surface area contributed by atoms with Crippen molar-refractivity contribution in [1.82, 2.24) is 9.80 Å². The van der Waals surface area contributed by atoms with Crippen LogP contribution in [0.25, 0.3) is 0 Å². The number of benzene rings is 2. The Morgan fingerprint density at radius 2 is 1.56 bits per heavy atom. The molecule has 0 spiro atoms. The van der Waals surface area contributed by atoms with Gasteiger partial charge in [0, 0.05) is 33.7 Å².